The van der Waals surface area contributed by atoms with Crippen molar-refractivity contribution in [3.05, 3.63) is 52.8 Å². The lowest BCUT2D eigenvalue weighted by molar-refractivity contribution is 0.415. The lowest BCUT2D eigenvalue weighted by atomic mass is 10.0. The van der Waals surface area contributed by atoms with Gasteiger partial charge in [0.1, 0.15) is 11.6 Å². The summed E-state index contributed by atoms with van der Waals surface area (Å²) in [5.41, 5.74) is 7.94. The molecular weight excluding hydrogens is 253 g/mol. The van der Waals surface area contributed by atoms with Crippen LogP contribution >= 0.6 is 11.6 Å². The van der Waals surface area contributed by atoms with Crippen molar-refractivity contribution in [2.45, 2.75) is 6.54 Å². The van der Waals surface area contributed by atoms with E-state index in [0.29, 0.717) is 22.9 Å². The van der Waals surface area contributed by atoms with Gasteiger partial charge in [0.05, 0.1) is 7.11 Å². The Morgan fingerprint density at radius 3 is 2.67 bits per heavy atom. The number of ether oxygens (including phenoxy) is 1. The highest BCUT2D eigenvalue weighted by Crippen LogP contribution is 2.32. The average Bonchev–Trinajstić information content (AvgIpc) is 2.39. The summed E-state index contributed by atoms with van der Waals surface area (Å²) in [6.07, 6.45) is 0. The second kappa shape index (κ2) is 5.38. The Labute approximate surface area is 110 Å². The Morgan fingerprint density at radius 2 is 2.00 bits per heavy atom. The molecule has 0 amide bonds. The molecule has 94 valence electrons. The summed E-state index contributed by atoms with van der Waals surface area (Å²) in [6, 6.07) is 9.81. The molecule has 0 atom stereocenters. The smallest absolute Gasteiger partial charge is 0.126 e. The minimum Gasteiger partial charge on any atom is -0.496 e. The Morgan fingerprint density at radius 1 is 1.22 bits per heavy atom. The quantitative estimate of drug-likeness (QED) is 0.920. The fraction of sp³-hybridized carbons (Fsp3) is 0.143. The Hall–Kier alpha value is -1.58. The minimum absolute atomic E-state index is 0.310. The van der Waals surface area contributed by atoms with Gasteiger partial charge in [-0.05, 0) is 41.5 Å². The molecule has 2 nitrogen and oxygen atoms in total. The summed E-state index contributed by atoms with van der Waals surface area (Å²) in [7, 11) is 1.55. The molecule has 0 fully saturated rings. The first-order chi connectivity index (χ1) is 8.65. The number of hydrogen-bond donors (Lipinski definition) is 1. The van der Waals surface area contributed by atoms with Crippen LogP contribution in [0.25, 0.3) is 11.1 Å². The van der Waals surface area contributed by atoms with Gasteiger partial charge in [-0.1, -0.05) is 17.7 Å². The van der Waals surface area contributed by atoms with Gasteiger partial charge in [-0.3, -0.25) is 0 Å². The second-order valence-corrected chi connectivity index (χ2v) is 4.26. The predicted octanol–water partition coefficient (Wildman–Crippen LogP) is 3.61. The van der Waals surface area contributed by atoms with Gasteiger partial charge in [0.15, 0.2) is 0 Å². The highest BCUT2D eigenvalue weighted by molar-refractivity contribution is 6.31. The number of benzene rings is 2. The summed E-state index contributed by atoms with van der Waals surface area (Å²) in [5.74, 6) is 0.303. The Kier molecular flexibility index (Phi) is 3.84. The maximum absolute atomic E-state index is 13.3. The van der Waals surface area contributed by atoms with Crippen LogP contribution in [-0.4, -0.2) is 7.11 Å². The van der Waals surface area contributed by atoms with Gasteiger partial charge < -0.3 is 10.5 Å². The molecule has 4 heteroatoms. The van der Waals surface area contributed by atoms with Gasteiger partial charge >= 0.3 is 0 Å². The van der Waals surface area contributed by atoms with E-state index in [1.54, 1.807) is 19.2 Å². The van der Waals surface area contributed by atoms with E-state index in [0.717, 1.165) is 11.1 Å². The number of nitrogens with two attached hydrogens (primary N) is 1. The van der Waals surface area contributed by atoms with Crippen LogP contribution in [0.5, 0.6) is 5.75 Å². The zero-order valence-corrected chi connectivity index (χ0v) is 10.7. The molecule has 0 aromatic heterocycles. The van der Waals surface area contributed by atoms with E-state index in [4.69, 9.17) is 22.1 Å². The number of halogens is 2. The highest BCUT2D eigenvalue weighted by atomic mass is 35.5. The molecule has 0 spiro atoms. The predicted molar refractivity (Wildman–Crippen MR) is 71.3 cm³/mol. The van der Waals surface area contributed by atoms with Crippen LogP contribution in [0.1, 0.15) is 5.56 Å². The van der Waals surface area contributed by atoms with Crippen molar-refractivity contribution >= 4 is 11.6 Å². The van der Waals surface area contributed by atoms with Crippen LogP contribution in [0.15, 0.2) is 36.4 Å². The van der Waals surface area contributed by atoms with Crippen molar-refractivity contribution in [2.75, 3.05) is 7.11 Å². The third-order valence-corrected chi connectivity index (χ3v) is 3.11. The lowest BCUT2D eigenvalue weighted by Gasteiger charge is -2.10. The normalized spacial score (nSPS) is 10.4. The van der Waals surface area contributed by atoms with E-state index < -0.39 is 0 Å². The molecule has 0 aliphatic carbocycles. The first kappa shape index (κ1) is 12.9. The maximum atomic E-state index is 13.3. The van der Waals surface area contributed by atoms with E-state index in [9.17, 15) is 4.39 Å². The number of rotatable bonds is 3. The molecule has 0 aliphatic rings. The van der Waals surface area contributed by atoms with E-state index in [2.05, 4.69) is 0 Å². The molecular formula is C14H13ClFNO. The van der Waals surface area contributed by atoms with Crippen molar-refractivity contribution in [1.29, 1.82) is 0 Å². The summed E-state index contributed by atoms with van der Waals surface area (Å²) < 4.78 is 18.6. The van der Waals surface area contributed by atoms with Crippen LogP contribution in [0.2, 0.25) is 5.02 Å². The Balaban J connectivity index is 2.57. The third kappa shape index (κ3) is 2.47. The second-order valence-electron chi connectivity index (χ2n) is 3.85. The minimum atomic E-state index is -0.310. The molecule has 0 saturated heterocycles. The number of hydrogen-bond acceptors (Lipinski definition) is 2. The van der Waals surface area contributed by atoms with Crippen LogP contribution in [0, 0.1) is 5.82 Å². The molecule has 2 aromatic carbocycles. The van der Waals surface area contributed by atoms with Crippen LogP contribution in [0.4, 0.5) is 4.39 Å². The lowest BCUT2D eigenvalue weighted by Crippen LogP contribution is -1.98. The topological polar surface area (TPSA) is 35.2 Å². The third-order valence-electron chi connectivity index (χ3n) is 2.74. The molecule has 0 unspecified atom stereocenters. The molecule has 0 heterocycles. The standard InChI is InChI=1S/C14H13ClFNO/c1-18-14-5-3-11(16)7-12(14)9-2-4-13(15)10(6-9)8-17/h2-7H,8,17H2,1H3. The highest BCUT2D eigenvalue weighted by Gasteiger charge is 2.09. The van der Waals surface area contributed by atoms with E-state index in [-0.39, 0.29) is 5.82 Å². The van der Waals surface area contributed by atoms with Crippen molar-refractivity contribution in [3.8, 4) is 16.9 Å². The van der Waals surface area contributed by atoms with Gasteiger partial charge in [-0.2, -0.15) is 0 Å². The molecule has 0 radical (unpaired) electrons. The van der Waals surface area contributed by atoms with Crippen molar-refractivity contribution in [1.82, 2.24) is 0 Å². The zero-order valence-electron chi connectivity index (χ0n) is 9.91. The van der Waals surface area contributed by atoms with Gasteiger partial charge in [0, 0.05) is 17.1 Å². The fourth-order valence-electron chi connectivity index (χ4n) is 1.80. The molecule has 2 aromatic rings. The van der Waals surface area contributed by atoms with Gasteiger partial charge in [-0.15, -0.1) is 0 Å². The van der Waals surface area contributed by atoms with Crippen LogP contribution in [0.3, 0.4) is 0 Å². The molecule has 0 bridgehead atoms. The maximum Gasteiger partial charge on any atom is 0.126 e. The SMILES string of the molecule is COc1ccc(F)cc1-c1ccc(Cl)c(CN)c1. The molecule has 18 heavy (non-hydrogen) atoms. The van der Waals surface area contributed by atoms with E-state index in [1.807, 2.05) is 12.1 Å². The van der Waals surface area contributed by atoms with Crippen LogP contribution < -0.4 is 10.5 Å². The largest absolute Gasteiger partial charge is 0.496 e. The first-order valence-electron chi connectivity index (χ1n) is 5.48. The number of methoxy groups -OCH3 is 1. The Bertz CT molecular complexity index is 572. The molecule has 0 saturated carbocycles. The van der Waals surface area contributed by atoms with Gasteiger partial charge in [0.2, 0.25) is 0 Å². The zero-order chi connectivity index (χ0) is 13.1. The summed E-state index contributed by atoms with van der Waals surface area (Å²) in [4.78, 5) is 0. The van der Waals surface area contributed by atoms with E-state index in [1.165, 1.54) is 12.1 Å². The van der Waals surface area contributed by atoms with Crippen molar-refractivity contribution < 1.29 is 9.13 Å². The van der Waals surface area contributed by atoms with Gasteiger partial charge in [-0.25, -0.2) is 4.39 Å². The average molecular weight is 266 g/mol. The van der Waals surface area contributed by atoms with E-state index >= 15 is 0 Å². The first-order valence-corrected chi connectivity index (χ1v) is 5.86. The monoisotopic (exact) mass is 265 g/mol. The molecule has 2 N–H and O–H groups in total. The van der Waals surface area contributed by atoms with Gasteiger partial charge in [0.25, 0.3) is 0 Å². The van der Waals surface area contributed by atoms with Crippen molar-refractivity contribution in [2.24, 2.45) is 5.73 Å². The van der Waals surface area contributed by atoms with Crippen LogP contribution in [-0.2, 0) is 6.54 Å². The summed E-state index contributed by atoms with van der Waals surface area (Å²) >= 11 is 6.00. The molecule has 0 aliphatic heterocycles. The van der Waals surface area contributed by atoms with Crippen molar-refractivity contribution in [3.63, 3.8) is 0 Å². The summed E-state index contributed by atoms with van der Waals surface area (Å²) in [6.45, 7) is 0.338. The fourth-order valence-corrected chi connectivity index (χ4v) is 2.00. The molecule has 2 rings (SSSR count). The summed E-state index contributed by atoms with van der Waals surface area (Å²) in [5, 5.41) is 0.608.